The lowest BCUT2D eigenvalue weighted by molar-refractivity contribution is 0.471. The summed E-state index contributed by atoms with van der Waals surface area (Å²) in [5, 5.41) is 9.67. The Kier molecular flexibility index (Phi) is 3.16. The van der Waals surface area contributed by atoms with Gasteiger partial charge in [0.2, 0.25) is 0 Å². The lowest BCUT2D eigenvalue weighted by atomic mass is 10.1. The van der Waals surface area contributed by atoms with Crippen LogP contribution < -0.4 is 0 Å². The molecule has 0 spiro atoms. The van der Waals surface area contributed by atoms with Crippen LogP contribution in [0, 0.1) is 12.7 Å². The van der Waals surface area contributed by atoms with Crippen molar-refractivity contribution in [2.24, 2.45) is 0 Å². The molecule has 21 heavy (non-hydrogen) atoms. The first-order chi connectivity index (χ1) is 9.99. The van der Waals surface area contributed by atoms with Gasteiger partial charge in [0.25, 0.3) is 0 Å². The van der Waals surface area contributed by atoms with E-state index >= 15 is 0 Å². The fraction of sp³-hybridized carbons (Fsp3) is 0.235. The molecule has 0 fully saturated rings. The summed E-state index contributed by atoms with van der Waals surface area (Å²) in [6, 6.07) is 10.5. The number of phenolic OH excluding ortho intramolecular Hbond substituents is 1. The number of fused-ring (bicyclic) bond motifs is 1. The Morgan fingerprint density at radius 2 is 1.95 bits per heavy atom. The Hall–Kier alpha value is -2.36. The Morgan fingerprint density at radius 1 is 1.19 bits per heavy atom. The molecule has 1 aromatic heterocycles. The third kappa shape index (κ3) is 2.17. The van der Waals surface area contributed by atoms with E-state index in [0.29, 0.717) is 11.3 Å². The number of nitrogens with zero attached hydrogens (tertiary/aromatic N) is 2. The molecule has 0 bridgehead atoms. The first-order valence-electron chi connectivity index (χ1n) is 6.95. The van der Waals surface area contributed by atoms with Crippen molar-refractivity contribution in [2.45, 2.75) is 26.8 Å². The van der Waals surface area contributed by atoms with Crippen LogP contribution in [-0.4, -0.2) is 14.7 Å². The monoisotopic (exact) mass is 284 g/mol. The number of rotatable bonds is 2. The van der Waals surface area contributed by atoms with Crippen LogP contribution in [0.3, 0.4) is 0 Å². The van der Waals surface area contributed by atoms with Crippen LogP contribution in [0.15, 0.2) is 36.4 Å². The Balaban J connectivity index is 2.33. The highest BCUT2D eigenvalue weighted by Gasteiger charge is 2.17. The molecule has 3 rings (SSSR count). The highest BCUT2D eigenvalue weighted by molar-refractivity contribution is 5.81. The van der Waals surface area contributed by atoms with Gasteiger partial charge < -0.3 is 9.67 Å². The molecule has 1 heterocycles. The average molecular weight is 284 g/mol. The summed E-state index contributed by atoms with van der Waals surface area (Å²) in [6.07, 6.45) is 0. The molecule has 0 amide bonds. The molecule has 3 nitrogen and oxygen atoms in total. The number of hydrogen-bond donors (Lipinski definition) is 1. The van der Waals surface area contributed by atoms with Gasteiger partial charge in [0.05, 0.1) is 5.52 Å². The molecule has 0 saturated carbocycles. The van der Waals surface area contributed by atoms with Crippen LogP contribution in [-0.2, 0) is 0 Å². The molecule has 4 heteroatoms. The zero-order valence-corrected chi connectivity index (χ0v) is 12.3. The lowest BCUT2D eigenvalue weighted by Gasteiger charge is -2.13. The maximum Gasteiger partial charge on any atom is 0.151 e. The molecule has 0 aliphatic rings. The van der Waals surface area contributed by atoms with E-state index in [1.54, 1.807) is 18.2 Å². The first-order valence-corrected chi connectivity index (χ1v) is 6.95. The molecule has 108 valence electrons. The molecule has 2 aromatic carbocycles. The summed E-state index contributed by atoms with van der Waals surface area (Å²) >= 11 is 0. The van der Waals surface area contributed by atoms with Gasteiger partial charge in [0, 0.05) is 11.6 Å². The molecule has 0 radical (unpaired) electrons. The van der Waals surface area contributed by atoms with Gasteiger partial charge in [0.15, 0.2) is 5.82 Å². The number of imidazole rings is 1. The van der Waals surface area contributed by atoms with Crippen molar-refractivity contribution in [2.75, 3.05) is 0 Å². The van der Waals surface area contributed by atoms with Gasteiger partial charge in [-0.25, -0.2) is 9.37 Å². The van der Waals surface area contributed by atoms with Crippen molar-refractivity contribution in [1.82, 2.24) is 9.55 Å². The average Bonchev–Trinajstić information content (AvgIpc) is 2.83. The molecule has 0 aliphatic heterocycles. The number of aromatic nitrogens is 2. The Bertz CT molecular complexity index is 821. The summed E-state index contributed by atoms with van der Waals surface area (Å²) in [5.74, 6) is 0.647. The van der Waals surface area contributed by atoms with Crippen molar-refractivity contribution in [1.29, 1.82) is 0 Å². The van der Waals surface area contributed by atoms with Crippen molar-refractivity contribution >= 4 is 11.0 Å². The van der Waals surface area contributed by atoms with E-state index in [1.165, 1.54) is 6.07 Å². The standard InChI is InChI=1S/C17H17FN2O/c1-10(2)20-14-6-4-5-13(18)16(14)19-17(20)12-7-8-15(21)11(3)9-12/h4-10,21H,1-3H3. The minimum Gasteiger partial charge on any atom is -0.508 e. The SMILES string of the molecule is Cc1cc(-c2nc3c(F)cccc3n2C(C)C)ccc1O. The molecule has 0 atom stereocenters. The van der Waals surface area contributed by atoms with Gasteiger partial charge in [-0.05, 0) is 56.7 Å². The third-order valence-electron chi connectivity index (χ3n) is 3.64. The number of phenols is 1. The minimum absolute atomic E-state index is 0.154. The number of benzene rings is 2. The topological polar surface area (TPSA) is 38.0 Å². The Labute approximate surface area is 122 Å². The van der Waals surface area contributed by atoms with Gasteiger partial charge in [-0.2, -0.15) is 0 Å². The largest absolute Gasteiger partial charge is 0.508 e. The van der Waals surface area contributed by atoms with Crippen molar-refractivity contribution in [3.8, 4) is 17.1 Å². The van der Waals surface area contributed by atoms with Crippen molar-refractivity contribution in [3.05, 3.63) is 47.8 Å². The summed E-state index contributed by atoms with van der Waals surface area (Å²) in [4.78, 5) is 4.48. The van der Waals surface area contributed by atoms with E-state index in [9.17, 15) is 9.50 Å². The normalized spacial score (nSPS) is 11.5. The van der Waals surface area contributed by atoms with E-state index in [2.05, 4.69) is 4.98 Å². The molecule has 1 N–H and O–H groups in total. The smallest absolute Gasteiger partial charge is 0.151 e. The highest BCUT2D eigenvalue weighted by Crippen LogP contribution is 2.31. The van der Waals surface area contributed by atoms with Gasteiger partial charge in [-0.1, -0.05) is 6.07 Å². The second-order valence-electron chi connectivity index (χ2n) is 5.51. The van der Waals surface area contributed by atoms with E-state index in [1.807, 2.05) is 37.5 Å². The Morgan fingerprint density at radius 3 is 2.62 bits per heavy atom. The molecule has 0 saturated heterocycles. The second-order valence-corrected chi connectivity index (χ2v) is 5.51. The first kappa shape index (κ1) is 13.6. The van der Waals surface area contributed by atoms with E-state index in [4.69, 9.17) is 0 Å². The zero-order valence-electron chi connectivity index (χ0n) is 12.3. The number of aromatic hydroxyl groups is 1. The molecule has 0 unspecified atom stereocenters. The fourth-order valence-electron chi connectivity index (χ4n) is 2.60. The fourth-order valence-corrected chi connectivity index (χ4v) is 2.60. The number of para-hydroxylation sites is 1. The quantitative estimate of drug-likeness (QED) is 0.755. The van der Waals surface area contributed by atoms with Gasteiger partial charge in [0.1, 0.15) is 17.1 Å². The minimum atomic E-state index is -0.316. The van der Waals surface area contributed by atoms with Crippen LogP contribution in [0.4, 0.5) is 4.39 Å². The summed E-state index contributed by atoms with van der Waals surface area (Å²) < 4.78 is 16.0. The summed E-state index contributed by atoms with van der Waals surface area (Å²) in [5.41, 5.74) is 2.81. The maximum atomic E-state index is 14.0. The maximum absolute atomic E-state index is 14.0. The van der Waals surface area contributed by atoms with Gasteiger partial charge >= 0.3 is 0 Å². The predicted molar refractivity (Wildman–Crippen MR) is 81.9 cm³/mol. The van der Waals surface area contributed by atoms with E-state index < -0.39 is 0 Å². The predicted octanol–water partition coefficient (Wildman–Crippen LogP) is 4.44. The highest BCUT2D eigenvalue weighted by atomic mass is 19.1. The number of halogens is 1. The zero-order chi connectivity index (χ0) is 15.1. The van der Waals surface area contributed by atoms with E-state index in [0.717, 1.165) is 16.6 Å². The molecular formula is C17H17FN2O. The van der Waals surface area contributed by atoms with Crippen molar-refractivity contribution < 1.29 is 9.50 Å². The summed E-state index contributed by atoms with van der Waals surface area (Å²) in [6.45, 7) is 5.92. The van der Waals surface area contributed by atoms with Crippen LogP contribution in [0.5, 0.6) is 5.75 Å². The van der Waals surface area contributed by atoms with Gasteiger partial charge in [-0.3, -0.25) is 0 Å². The molecule has 0 aliphatic carbocycles. The van der Waals surface area contributed by atoms with Crippen LogP contribution in [0.25, 0.3) is 22.4 Å². The van der Waals surface area contributed by atoms with Crippen molar-refractivity contribution in [3.63, 3.8) is 0 Å². The number of aryl methyl sites for hydroxylation is 1. The van der Waals surface area contributed by atoms with Crippen LogP contribution in [0.1, 0.15) is 25.5 Å². The molecule has 3 aromatic rings. The lowest BCUT2D eigenvalue weighted by Crippen LogP contribution is -2.03. The van der Waals surface area contributed by atoms with Crippen LogP contribution >= 0.6 is 0 Å². The third-order valence-corrected chi connectivity index (χ3v) is 3.64. The molecular weight excluding hydrogens is 267 g/mol. The van der Waals surface area contributed by atoms with Crippen LogP contribution in [0.2, 0.25) is 0 Å². The van der Waals surface area contributed by atoms with E-state index in [-0.39, 0.29) is 17.6 Å². The van der Waals surface area contributed by atoms with Gasteiger partial charge in [-0.15, -0.1) is 0 Å². The second kappa shape index (κ2) is 4.88. The number of hydrogen-bond acceptors (Lipinski definition) is 2. The summed E-state index contributed by atoms with van der Waals surface area (Å²) in [7, 11) is 0.